The van der Waals surface area contributed by atoms with Crippen molar-refractivity contribution in [3.05, 3.63) is 0 Å². The minimum atomic E-state index is 0.110. The second-order valence-electron chi connectivity index (χ2n) is 8.43. The Hall–Kier alpha value is -0.0800. The third-order valence-corrected chi connectivity index (χ3v) is 5.17. The zero-order valence-electron chi connectivity index (χ0n) is 14.7. The number of rotatable bonds is 4. The monoisotopic (exact) mass is 295 g/mol. The average Bonchev–Trinajstić information content (AvgIpc) is 2.80. The molecule has 2 rings (SSSR count). The first-order chi connectivity index (χ1) is 9.99. The molecule has 2 heteroatoms. The van der Waals surface area contributed by atoms with Crippen LogP contribution in [0.15, 0.2) is 0 Å². The van der Waals surface area contributed by atoms with Crippen LogP contribution >= 0.6 is 0 Å². The summed E-state index contributed by atoms with van der Waals surface area (Å²) in [6.45, 7) is 7.84. The van der Waals surface area contributed by atoms with E-state index in [4.69, 9.17) is 4.74 Å². The summed E-state index contributed by atoms with van der Waals surface area (Å²) in [7, 11) is 0. The molecule has 2 fully saturated rings. The first kappa shape index (κ1) is 17.3. The molecule has 0 saturated heterocycles. The number of hydrogen-bond donors (Lipinski definition) is 1. The van der Waals surface area contributed by atoms with E-state index in [2.05, 4.69) is 26.1 Å². The Kier molecular flexibility index (Phi) is 6.55. The third kappa shape index (κ3) is 6.28. The smallest absolute Gasteiger partial charge is 0.0810 e. The summed E-state index contributed by atoms with van der Waals surface area (Å²) in [4.78, 5) is 0. The summed E-state index contributed by atoms with van der Waals surface area (Å²) in [6.07, 6.45) is 16.6. The SMILES string of the molecule is CC(C)(C)NCC1(OC2CCCCCC2)CCCCCC1. The molecule has 0 aliphatic heterocycles. The second kappa shape index (κ2) is 7.97. The molecule has 21 heavy (non-hydrogen) atoms. The van der Waals surface area contributed by atoms with Crippen LogP contribution in [0.2, 0.25) is 0 Å². The molecule has 2 nitrogen and oxygen atoms in total. The van der Waals surface area contributed by atoms with Crippen molar-refractivity contribution in [2.24, 2.45) is 0 Å². The van der Waals surface area contributed by atoms with E-state index < -0.39 is 0 Å². The average molecular weight is 296 g/mol. The Labute approximate surface area is 132 Å². The summed E-state index contributed by atoms with van der Waals surface area (Å²) < 4.78 is 6.81. The van der Waals surface area contributed by atoms with Gasteiger partial charge in [-0.05, 0) is 46.5 Å². The van der Waals surface area contributed by atoms with Gasteiger partial charge in [0.05, 0.1) is 11.7 Å². The van der Waals surface area contributed by atoms with Crippen molar-refractivity contribution in [1.29, 1.82) is 0 Å². The number of ether oxygens (including phenoxy) is 1. The quantitative estimate of drug-likeness (QED) is 0.719. The van der Waals surface area contributed by atoms with Crippen LogP contribution in [0.5, 0.6) is 0 Å². The normalized spacial score (nSPS) is 25.3. The van der Waals surface area contributed by atoms with Crippen LogP contribution < -0.4 is 5.32 Å². The lowest BCUT2D eigenvalue weighted by molar-refractivity contribution is -0.108. The first-order valence-corrected chi connectivity index (χ1v) is 9.42. The summed E-state index contributed by atoms with van der Waals surface area (Å²) in [5, 5.41) is 3.74. The Morgan fingerprint density at radius 3 is 1.90 bits per heavy atom. The van der Waals surface area contributed by atoms with Gasteiger partial charge in [0.1, 0.15) is 0 Å². The van der Waals surface area contributed by atoms with Crippen LogP contribution in [0.1, 0.15) is 97.8 Å². The molecule has 2 aliphatic rings. The Balaban J connectivity index is 1.99. The molecule has 2 aliphatic carbocycles. The van der Waals surface area contributed by atoms with Gasteiger partial charge in [-0.15, -0.1) is 0 Å². The van der Waals surface area contributed by atoms with E-state index in [0.717, 1.165) is 6.54 Å². The van der Waals surface area contributed by atoms with Crippen molar-refractivity contribution in [2.45, 2.75) is 115 Å². The molecule has 0 aromatic rings. The van der Waals surface area contributed by atoms with Crippen molar-refractivity contribution in [2.75, 3.05) is 6.54 Å². The van der Waals surface area contributed by atoms with Gasteiger partial charge in [0.25, 0.3) is 0 Å². The molecule has 0 bridgehead atoms. The molecular weight excluding hydrogens is 258 g/mol. The fourth-order valence-corrected chi connectivity index (χ4v) is 3.85. The molecule has 0 spiro atoms. The van der Waals surface area contributed by atoms with Crippen LogP contribution in [0, 0.1) is 0 Å². The number of nitrogens with one attached hydrogen (secondary N) is 1. The van der Waals surface area contributed by atoms with Crippen molar-refractivity contribution >= 4 is 0 Å². The largest absolute Gasteiger partial charge is 0.370 e. The van der Waals surface area contributed by atoms with Crippen molar-refractivity contribution < 1.29 is 4.74 Å². The second-order valence-corrected chi connectivity index (χ2v) is 8.43. The molecule has 0 radical (unpaired) electrons. The highest BCUT2D eigenvalue weighted by Gasteiger charge is 2.35. The van der Waals surface area contributed by atoms with Gasteiger partial charge >= 0.3 is 0 Å². The van der Waals surface area contributed by atoms with Crippen LogP contribution in [0.25, 0.3) is 0 Å². The van der Waals surface area contributed by atoms with E-state index in [-0.39, 0.29) is 11.1 Å². The highest BCUT2D eigenvalue weighted by atomic mass is 16.5. The molecule has 0 aromatic heterocycles. The Morgan fingerprint density at radius 1 is 0.857 bits per heavy atom. The van der Waals surface area contributed by atoms with Gasteiger partial charge < -0.3 is 10.1 Å². The van der Waals surface area contributed by atoms with Gasteiger partial charge in [-0.1, -0.05) is 51.4 Å². The van der Waals surface area contributed by atoms with Crippen molar-refractivity contribution in [1.82, 2.24) is 5.32 Å². The third-order valence-electron chi connectivity index (χ3n) is 5.17. The van der Waals surface area contributed by atoms with Gasteiger partial charge in [0, 0.05) is 12.1 Å². The first-order valence-electron chi connectivity index (χ1n) is 9.42. The zero-order valence-corrected chi connectivity index (χ0v) is 14.7. The minimum absolute atomic E-state index is 0.110. The van der Waals surface area contributed by atoms with Gasteiger partial charge in [-0.25, -0.2) is 0 Å². The van der Waals surface area contributed by atoms with E-state index in [1.807, 2.05) is 0 Å². The lowest BCUT2D eigenvalue weighted by Crippen LogP contribution is -2.50. The zero-order chi connectivity index (χ0) is 15.2. The summed E-state index contributed by atoms with van der Waals surface area (Å²) in [5.41, 5.74) is 0.297. The van der Waals surface area contributed by atoms with Gasteiger partial charge in [-0.2, -0.15) is 0 Å². The standard InChI is InChI=1S/C19H37NO/c1-18(2,3)20-16-19(14-10-6-7-11-15-19)21-17-12-8-4-5-9-13-17/h17,20H,4-16H2,1-3H3. The van der Waals surface area contributed by atoms with E-state index in [0.29, 0.717) is 6.10 Å². The van der Waals surface area contributed by atoms with Crippen molar-refractivity contribution in [3.63, 3.8) is 0 Å². The van der Waals surface area contributed by atoms with E-state index in [9.17, 15) is 0 Å². The molecule has 0 amide bonds. The Morgan fingerprint density at radius 2 is 1.38 bits per heavy atom. The molecule has 0 unspecified atom stereocenters. The molecule has 0 atom stereocenters. The Bertz CT molecular complexity index is 278. The van der Waals surface area contributed by atoms with Crippen LogP contribution in [-0.2, 0) is 4.74 Å². The van der Waals surface area contributed by atoms with Crippen LogP contribution in [-0.4, -0.2) is 23.8 Å². The highest BCUT2D eigenvalue weighted by molar-refractivity contribution is 4.89. The molecule has 124 valence electrons. The molecule has 2 saturated carbocycles. The topological polar surface area (TPSA) is 21.3 Å². The lowest BCUT2D eigenvalue weighted by Gasteiger charge is -2.39. The number of hydrogen-bond acceptors (Lipinski definition) is 2. The summed E-state index contributed by atoms with van der Waals surface area (Å²) in [6, 6.07) is 0. The van der Waals surface area contributed by atoms with E-state index in [1.54, 1.807) is 0 Å². The fourth-order valence-electron chi connectivity index (χ4n) is 3.85. The van der Waals surface area contributed by atoms with Crippen LogP contribution in [0.4, 0.5) is 0 Å². The maximum atomic E-state index is 6.81. The van der Waals surface area contributed by atoms with Crippen molar-refractivity contribution in [3.8, 4) is 0 Å². The molecule has 0 aromatic carbocycles. The van der Waals surface area contributed by atoms with Crippen LogP contribution in [0.3, 0.4) is 0 Å². The predicted octanol–water partition coefficient (Wildman–Crippen LogP) is 5.21. The summed E-state index contributed by atoms with van der Waals surface area (Å²) >= 11 is 0. The molecule has 0 heterocycles. The molecule has 1 N–H and O–H groups in total. The van der Waals surface area contributed by atoms with E-state index >= 15 is 0 Å². The molecular formula is C19H37NO. The predicted molar refractivity (Wildman–Crippen MR) is 90.8 cm³/mol. The minimum Gasteiger partial charge on any atom is -0.370 e. The van der Waals surface area contributed by atoms with E-state index in [1.165, 1.54) is 77.0 Å². The summed E-state index contributed by atoms with van der Waals surface area (Å²) in [5.74, 6) is 0. The maximum Gasteiger partial charge on any atom is 0.0810 e. The lowest BCUT2D eigenvalue weighted by atomic mass is 9.92. The van der Waals surface area contributed by atoms with Gasteiger partial charge in [0.2, 0.25) is 0 Å². The van der Waals surface area contributed by atoms with Gasteiger partial charge in [-0.3, -0.25) is 0 Å². The highest BCUT2D eigenvalue weighted by Crippen LogP contribution is 2.34. The maximum absolute atomic E-state index is 6.81. The fraction of sp³-hybridized carbons (Fsp3) is 1.00. The van der Waals surface area contributed by atoms with Gasteiger partial charge in [0.15, 0.2) is 0 Å².